The second-order valence-electron chi connectivity index (χ2n) is 5.97. The van der Waals surface area contributed by atoms with Gasteiger partial charge in [0.1, 0.15) is 11.5 Å². The van der Waals surface area contributed by atoms with Gasteiger partial charge in [0.2, 0.25) is 5.91 Å². The van der Waals surface area contributed by atoms with E-state index in [-0.39, 0.29) is 18.4 Å². The highest BCUT2D eigenvalue weighted by Crippen LogP contribution is 2.15. The Balaban J connectivity index is 1.45. The summed E-state index contributed by atoms with van der Waals surface area (Å²) in [5.74, 6) is 1.05. The van der Waals surface area contributed by atoms with Crippen molar-refractivity contribution in [3.63, 3.8) is 0 Å². The van der Waals surface area contributed by atoms with E-state index in [1.807, 2.05) is 0 Å². The third kappa shape index (κ3) is 5.38. The Hall–Kier alpha value is -3.74. The predicted octanol–water partition coefficient (Wildman–Crippen LogP) is 3.27. The zero-order valence-electron chi connectivity index (χ0n) is 15.4. The van der Waals surface area contributed by atoms with Gasteiger partial charge in [0, 0.05) is 16.9 Å². The molecule has 3 aromatic rings. The first-order valence-corrected chi connectivity index (χ1v) is 8.72. The molecule has 0 aliphatic heterocycles. The van der Waals surface area contributed by atoms with E-state index in [4.69, 9.17) is 9.15 Å². The molecule has 3 rings (SSSR count). The summed E-state index contributed by atoms with van der Waals surface area (Å²) in [7, 11) is 1.59. The second-order valence-corrected chi connectivity index (χ2v) is 5.97. The monoisotopic (exact) mass is 379 g/mol. The zero-order valence-corrected chi connectivity index (χ0v) is 15.4. The molecule has 1 heterocycles. The molecule has 144 valence electrons. The van der Waals surface area contributed by atoms with Crippen LogP contribution in [0.3, 0.4) is 0 Å². The van der Waals surface area contributed by atoms with Crippen molar-refractivity contribution in [3.8, 4) is 5.75 Å². The van der Waals surface area contributed by atoms with Crippen LogP contribution < -0.4 is 20.7 Å². The van der Waals surface area contributed by atoms with Crippen molar-refractivity contribution in [2.24, 2.45) is 0 Å². The van der Waals surface area contributed by atoms with Gasteiger partial charge in [-0.2, -0.15) is 0 Å². The van der Waals surface area contributed by atoms with Crippen molar-refractivity contribution in [2.45, 2.75) is 6.54 Å². The normalized spacial score (nSPS) is 10.2. The second kappa shape index (κ2) is 9.27. The highest BCUT2D eigenvalue weighted by atomic mass is 16.5. The number of furan rings is 1. The summed E-state index contributed by atoms with van der Waals surface area (Å²) in [6.45, 7) is 0.438. The van der Waals surface area contributed by atoms with Crippen LogP contribution in [0, 0.1) is 0 Å². The lowest BCUT2D eigenvalue weighted by Crippen LogP contribution is -2.23. The number of ether oxygens (including phenoxy) is 1. The van der Waals surface area contributed by atoms with Crippen molar-refractivity contribution in [2.75, 3.05) is 24.3 Å². The molecule has 7 heteroatoms. The summed E-state index contributed by atoms with van der Waals surface area (Å²) in [6.07, 6.45) is 1.56. The lowest BCUT2D eigenvalue weighted by atomic mass is 10.2. The number of amides is 2. The van der Waals surface area contributed by atoms with Gasteiger partial charge in [-0.15, -0.1) is 0 Å². The number of nitrogens with one attached hydrogen (secondary N) is 3. The molecule has 28 heavy (non-hydrogen) atoms. The first-order chi connectivity index (χ1) is 13.6. The Labute approximate surface area is 162 Å². The molecule has 2 aromatic carbocycles. The van der Waals surface area contributed by atoms with E-state index in [0.29, 0.717) is 23.6 Å². The van der Waals surface area contributed by atoms with Crippen LogP contribution in [0.2, 0.25) is 0 Å². The van der Waals surface area contributed by atoms with Gasteiger partial charge in [0.05, 0.1) is 26.5 Å². The lowest BCUT2D eigenvalue weighted by Gasteiger charge is -2.09. The smallest absolute Gasteiger partial charge is 0.251 e. The van der Waals surface area contributed by atoms with Crippen LogP contribution >= 0.6 is 0 Å². The van der Waals surface area contributed by atoms with Crippen LogP contribution in [0.25, 0.3) is 0 Å². The molecule has 0 aliphatic rings. The molecular weight excluding hydrogens is 358 g/mol. The van der Waals surface area contributed by atoms with Gasteiger partial charge in [-0.25, -0.2) is 0 Å². The average Bonchev–Trinajstić information content (AvgIpc) is 3.25. The molecule has 1 aromatic heterocycles. The number of anilines is 2. The summed E-state index contributed by atoms with van der Waals surface area (Å²) in [5.41, 5.74) is 1.96. The molecule has 0 saturated heterocycles. The third-order valence-corrected chi connectivity index (χ3v) is 3.98. The molecule has 0 spiro atoms. The Morgan fingerprint density at radius 3 is 2.32 bits per heavy atom. The summed E-state index contributed by atoms with van der Waals surface area (Å²) < 4.78 is 10.3. The predicted molar refractivity (Wildman–Crippen MR) is 106 cm³/mol. The first-order valence-electron chi connectivity index (χ1n) is 8.72. The molecule has 0 saturated carbocycles. The van der Waals surface area contributed by atoms with Crippen molar-refractivity contribution in [1.82, 2.24) is 5.32 Å². The van der Waals surface area contributed by atoms with Gasteiger partial charge in [-0.1, -0.05) is 0 Å². The molecule has 0 fully saturated rings. The maximum atomic E-state index is 12.1. The Kier molecular flexibility index (Phi) is 6.30. The zero-order chi connectivity index (χ0) is 19.8. The molecular formula is C21H21N3O4. The standard InChI is InChI=1S/C21H21N3O4/c1-27-18-10-8-17(9-11-18)24-20(25)14-22-16-6-4-15(5-7-16)21(26)23-13-19-3-2-12-28-19/h2-12,22H,13-14H2,1H3,(H,23,26)(H,24,25). The molecule has 0 aliphatic carbocycles. The number of carbonyl (C=O) groups excluding carboxylic acids is 2. The van der Waals surface area contributed by atoms with Crippen LogP contribution in [0.1, 0.15) is 16.1 Å². The maximum absolute atomic E-state index is 12.1. The highest BCUT2D eigenvalue weighted by molar-refractivity contribution is 5.95. The number of rotatable bonds is 8. The fourth-order valence-electron chi connectivity index (χ4n) is 2.48. The molecule has 0 unspecified atom stereocenters. The van der Waals surface area contributed by atoms with Crippen molar-refractivity contribution < 1.29 is 18.7 Å². The van der Waals surface area contributed by atoms with Crippen LogP contribution in [0.5, 0.6) is 5.75 Å². The summed E-state index contributed by atoms with van der Waals surface area (Å²) in [5, 5.41) is 8.60. The summed E-state index contributed by atoms with van der Waals surface area (Å²) >= 11 is 0. The minimum Gasteiger partial charge on any atom is -0.497 e. The van der Waals surface area contributed by atoms with Gasteiger partial charge in [0.15, 0.2) is 0 Å². The van der Waals surface area contributed by atoms with E-state index in [0.717, 1.165) is 11.4 Å². The number of carbonyl (C=O) groups is 2. The van der Waals surface area contributed by atoms with Gasteiger partial charge >= 0.3 is 0 Å². The molecule has 0 bridgehead atoms. The number of hydrogen-bond donors (Lipinski definition) is 3. The van der Waals surface area contributed by atoms with Gasteiger partial charge < -0.3 is 25.1 Å². The minimum absolute atomic E-state index is 0.107. The van der Waals surface area contributed by atoms with Crippen LogP contribution in [-0.4, -0.2) is 25.5 Å². The van der Waals surface area contributed by atoms with Gasteiger partial charge in [-0.3, -0.25) is 9.59 Å². The molecule has 0 radical (unpaired) electrons. The van der Waals surface area contributed by atoms with Gasteiger partial charge in [0.25, 0.3) is 5.91 Å². The number of methoxy groups -OCH3 is 1. The van der Waals surface area contributed by atoms with E-state index in [1.54, 1.807) is 74.0 Å². The fourth-order valence-corrected chi connectivity index (χ4v) is 2.48. The molecule has 3 N–H and O–H groups in total. The van der Waals surface area contributed by atoms with Crippen molar-refractivity contribution in [3.05, 3.63) is 78.3 Å². The lowest BCUT2D eigenvalue weighted by molar-refractivity contribution is -0.114. The SMILES string of the molecule is COc1ccc(NC(=O)CNc2ccc(C(=O)NCc3ccco3)cc2)cc1. The summed E-state index contributed by atoms with van der Waals surface area (Å²) in [4.78, 5) is 24.2. The number of benzene rings is 2. The van der Waals surface area contributed by atoms with Crippen LogP contribution in [0.4, 0.5) is 11.4 Å². The Morgan fingerprint density at radius 1 is 0.964 bits per heavy atom. The average molecular weight is 379 g/mol. The quantitative estimate of drug-likeness (QED) is 0.559. The fraction of sp³-hybridized carbons (Fsp3) is 0.143. The van der Waals surface area contributed by atoms with E-state index in [2.05, 4.69) is 16.0 Å². The van der Waals surface area contributed by atoms with Gasteiger partial charge in [-0.05, 0) is 60.7 Å². The third-order valence-electron chi connectivity index (χ3n) is 3.98. The van der Waals surface area contributed by atoms with Crippen molar-refractivity contribution in [1.29, 1.82) is 0 Å². The highest BCUT2D eigenvalue weighted by Gasteiger charge is 2.07. The van der Waals surface area contributed by atoms with Crippen LogP contribution in [0.15, 0.2) is 71.3 Å². The summed E-state index contributed by atoms with van der Waals surface area (Å²) in [6, 6.07) is 17.6. The molecule has 2 amide bonds. The van der Waals surface area contributed by atoms with E-state index in [9.17, 15) is 9.59 Å². The van der Waals surface area contributed by atoms with E-state index in [1.165, 1.54) is 0 Å². The minimum atomic E-state index is -0.194. The van der Waals surface area contributed by atoms with Crippen molar-refractivity contribution >= 4 is 23.2 Å². The largest absolute Gasteiger partial charge is 0.497 e. The topological polar surface area (TPSA) is 92.6 Å². The maximum Gasteiger partial charge on any atom is 0.251 e. The molecule has 0 atom stereocenters. The Morgan fingerprint density at radius 2 is 1.68 bits per heavy atom. The van der Waals surface area contributed by atoms with E-state index < -0.39 is 0 Å². The first kappa shape index (κ1) is 19.0. The van der Waals surface area contributed by atoms with E-state index >= 15 is 0 Å². The number of hydrogen-bond acceptors (Lipinski definition) is 5. The Bertz CT molecular complexity index is 904. The molecule has 7 nitrogen and oxygen atoms in total. The van der Waals surface area contributed by atoms with Crippen LogP contribution in [-0.2, 0) is 11.3 Å².